The number of rotatable bonds is 8. The van der Waals surface area contributed by atoms with Crippen molar-refractivity contribution < 1.29 is 23.9 Å². The molecule has 0 heterocycles. The fourth-order valence-electron chi connectivity index (χ4n) is 2.64. The van der Waals surface area contributed by atoms with E-state index in [1.807, 2.05) is 6.26 Å². The fourth-order valence-corrected chi connectivity index (χ4v) is 3.07. The van der Waals surface area contributed by atoms with Gasteiger partial charge in [-0.1, -0.05) is 12.1 Å². The minimum atomic E-state index is -0.663. The Morgan fingerprint density at radius 1 is 1.10 bits per heavy atom. The molecule has 0 aliphatic heterocycles. The molecule has 1 aliphatic carbocycles. The maximum atomic E-state index is 12.3. The van der Waals surface area contributed by atoms with Crippen molar-refractivity contribution in [2.75, 3.05) is 25.3 Å². The number of hydrogen-bond acceptors (Lipinski definition) is 6. The molecule has 1 aliphatic rings. The van der Waals surface area contributed by atoms with Gasteiger partial charge in [-0.25, -0.2) is 4.79 Å². The smallest absolute Gasteiger partial charge is 0.342 e. The number of carbonyl (C=O) groups excluding carboxylic acids is 3. The van der Waals surface area contributed by atoms with Crippen molar-refractivity contribution in [3.8, 4) is 5.75 Å². The average Bonchev–Trinajstić information content (AvgIpc) is 3.55. The van der Waals surface area contributed by atoms with Crippen molar-refractivity contribution in [1.29, 1.82) is 0 Å². The lowest BCUT2D eigenvalue weighted by Crippen LogP contribution is -2.28. The largest absolute Gasteiger partial charge is 0.496 e. The summed E-state index contributed by atoms with van der Waals surface area (Å²) in [7, 11) is 1.46. The molecule has 0 saturated heterocycles. The number of amides is 2. The lowest BCUT2D eigenvalue weighted by molar-refractivity contribution is -0.119. The first-order valence-corrected chi connectivity index (χ1v) is 10.3. The Morgan fingerprint density at radius 2 is 1.86 bits per heavy atom. The van der Waals surface area contributed by atoms with Gasteiger partial charge in [0.1, 0.15) is 11.3 Å². The Morgan fingerprint density at radius 3 is 2.55 bits per heavy atom. The van der Waals surface area contributed by atoms with E-state index < -0.39 is 18.5 Å². The summed E-state index contributed by atoms with van der Waals surface area (Å²) in [4.78, 5) is 37.8. The number of para-hydroxylation sites is 1. The van der Waals surface area contributed by atoms with E-state index in [-0.39, 0.29) is 17.5 Å². The molecule has 3 rings (SSSR count). The molecule has 0 radical (unpaired) electrons. The first kappa shape index (κ1) is 20.7. The van der Waals surface area contributed by atoms with E-state index in [2.05, 4.69) is 10.6 Å². The molecule has 0 aromatic heterocycles. The highest BCUT2D eigenvalue weighted by molar-refractivity contribution is 7.98. The third-order valence-electron chi connectivity index (χ3n) is 4.32. The number of esters is 1. The van der Waals surface area contributed by atoms with E-state index in [0.717, 1.165) is 17.7 Å². The quantitative estimate of drug-likeness (QED) is 0.509. The van der Waals surface area contributed by atoms with E-state index in [0.29, 0.717) is 17.0 Å². The minimum absolute atomic E-state index is 0.208. The van der Waals surface area contributed by atoms with Crippen LogP contribution in [0.15, 0.2) is 47.4 Å². The first-order valence-electron chi connectivity index (χ1n) is 9.10. The molecule has 0 atom stereocenters. The van der Waals surface area contributed by atoms with Crippen LogP contribution in [-0.4, -0.2) is 43.8 Å². The van der Waals surface area contributed by atoms with E-state index in [9.17, 15) is 14.4 Å². The van der Waals surface area contributed by atoms with Gasteiger partial charge in [-0.05, 0) is 49.4 Å². The summed E-state index contributed by atoms with van der Waals surface area (Å²) in [6.07, 6.45) is 3.86. The van der Waals surface area contributed by atoms with E-state index in [1.54, 1.807) is 42.5 Å². The Kier molecular flexibility index (Phi) is 6.77. The normalized spacial score (nSPS) is 12.8. The number of ether oxygens (including phenoxy) is 2. The Balaban J connectivity index is 1.60. The van der Waals surface area contributed by atoms with Gasteiger partial charge in [-0.2, -0.15) is 0 Å². The molecule has 0 spiro atoms. The number of methoxy groups -OCH3 is 1. The lowest BCUT2D eigenvalue weighted by atomic mass is 10.1. The van der Waals surface area contributed by atoms with Gasteiger partial charge in [-0.3, -0.25) is 9.59 Å². The molecule has 1 saturated carbocycles. The van der Waals surface area contributed by atoms with Gasteiger partial charge < -0.3 is 20.1 Å². The molecule has 2 N–H and O–H groups in total. The highest BCUT2D eigenvalue weighted by atomic mass is 32.2. The zero-order valence-corrected chi connectivity index (χ0v) is 17.0. The number of anilines is 1. The van der Waals surface area contributed by atoms with Crippen molar-refractivity contribution in [3.05, 3.63) is 53.6 Å². The van der Waals surface area contributed by atoms with Crippen LogP contribution in [0.5, 0.6) is 5.75 Å². The summed E-state index contributed by atoms with van der Waals surface area (Å²) < 4.78 is 10.3. The Labute approximate surface area is 173 Å². The minimum Gasteiger partial charge on any atom is -0.496 e. The summed E-state index contributed by atoms with van der Waals surface area (Å²) in [6, 6.07) is 12.0. The van der Waals surface area contributed by atoms with Crippen LogP contribution in [0.2, 0.25) is 0 Å². The number of hydrogen-bond donors (Lipinski definition) is 2. The number of carbonyl (C=O) groups is 3. The molecule has 0 bridgehead atoms. The molecular formula is C21H22N2O5S. The second-order valence-electron chi connectivity index (χ2n) is 6.48. The standard InChI is InChI=1S/C21H22N2O5S/c1-27-18-11-14(29-2)9-10-16(18)21(26)28-12-19(24)23-17-6-4-3-5-15(17)20(25)22-13-7-8-13/h3-6,9-11,13H,7-8,12H2,1-2H3,(H,22,25)(H,23,24). The van der Waals surface area contributed by atoms with Crippen molar-refractivity contribution in [2.45, 2.75) is 23.8 Å². The molecule has 0 unspecified atom stereocenters. The zero-order valence-electron chi connectivity index (χ0n) is 16.2. The van der Waals surface area contributed by atoms with Gasteiger partial charge in [0.2, 0.25) is 0 Å². The van der Waals surface area contributed by atoms with E-state index >= 15 is 0 Å². The maximum absolute atomic E-state index is 12.3. The Hall–Kier alpha value is -3.00. The predicted molar refractivity (Wildman–Crippen MR) is 111 cm³/mol. The maximum Gasteiger partial charge on any atom is 0.342 e. The molecule has 8 heteroatoms. The van der Waals surface area contributed by atoms with Crippen LogP contribution >= 0.6 is 11.8 Å². The second kappa shape index (κ2) is 9.47. The summed E-state index contributed by atoms with van der Waals surface area (Å²) in [6.45, 7) is -0.481. The molecule has 7 nitrogen and oxygen atoms in total. The SMILES string of the molecule is COc1cc(SC)ccc1C(=O)OCC(=O)Nc1ccccc1C(=O)NC1CC1. The highest BCUT2D eigenvalue weighted by Crippen LogP contribution is 2.26. The van der Waals surface area contributed by atoms with Crippen LogP contribution in [0.3, 0.4) is 0 Å². The number of nitrogens with one attached hydrogen (secondary N) is 2. The van der Waals surface area contributed by atoms with Gasteiger partial charge in [0.15, 0.2) is 6.61 Å². The molecule has 152 valence electrons. The van der Waals surface area contributed by atoms with Crippen molar-refractivity contribution in [2.24, 2.45) is 0 Å². The Bertz CT molecular complexity index is 927. The van der Waals surface area contributed by atoms with Crippen LogP contribution < -0.4 is 15.4 Å². The second-order valence-corrected chi connectivity index (χ2v) is 7.36. The third kappa shape index (κ3) is 5.51. The monoisotopic (exact) mass is 414 g/mol. The van der Waals surface area contributed by atoms with Gasteiger partial charge in [0.25, 0.3) is 11.8 Å². The van der Waals surface area contributed by atoms with Crippen LogP contribution in [0.1, 0.15) is 33.6 Å². The zero-order chi connectivity index (χ0) is 20.8. The highest BCUT2D eigenvalue weighted by Gasteiger charge is 2.25. The first-order chi connectivity index (χ1) is 14.0. The van der Waals surface area contributed by atoms with E-state index in [4.69, 9.17) is 9.47 Å². The molecule has 1 fully saturated rings. The summed E-state index contributed by atoms with van der Waals surface area (Å²) in [5, 5.41) is 5.51. The van der Waals surface area contributed by atoms with Gasteiger partial charge in [-0.15, -0.1) is 11.8 Å². The number of thioether (sulfide) groups is 1. The van der Waals surface area contributed by atoms with E-state index in [1.165, 1.54) is 18.9 Å². The molecule has 2 amide bonds. The molecule has 2 aromatic rings. The topological polar surface area (TPSA) is 93.7 Å². The van der Waals surface area contributed by atoms with Crippen LogP contribution in [0, 0.1) is 0 Å². The number of benzene rings is 2. The fraction of sp³-hybridized carbons (Fsp3) is 0.286. The predicted octanol–water partition coefficient (Wildman–Crippen LogP) is 3.10. The molecular weight excluding hydrogens is 392 g/mol. The van der Waals surface area contributed by atoms with Crippen LogP contribution in [-0.2, 0) is 9.53 Å². The third-order valence-corrected chi connectivity index (χ3v) is 5.05. The summed E-state index contributed by atoms with van der Waals surface area (Å²) in [5.41, 5.74) is 0.976. The molecule has 29 heavy (non-hydrogen) atoms. The summed E-state index contributed by atoms with van der Waals surface area (Å²) in [5.74, 6) is -1.06. The lowest BCUT2D eigenvalue weighted by Gasteiger charge is -2.12. The van der Waals surface area contributed by atoms with Gasteiger partial charge in [0.05, 0.1) is 18.4 Å². The summed E-state index contributed by atoms with van der Waals surface area (Å²) >= 11 is 1.52. The van der Waals surface area contributed by atoms with Crippen molar-refractivity contribution >= 4 is 35.2 Å². The van der Waals surface area contributed by atoms with Crippen LogP contribution in [0.25, 0.3) is 0 Å². The van der Waals surface area contributed by atoms with Crippen molar-refractivity contribution in [3.63, 3.8) is 0 Å². The van der Waals surface area contributed by atoms with Gasteiger partial charge >= 0.3 is 5.97 Å². The average molecular weight is 414 g/mol. The van der Waals surface area contributed by atoms with Crippen molar-refractivity contribution in [1.82, 2.24) is 5.32 Å². The molecule has 2 aromatic carbocycles. The van der Waals surface area contributed by atoms with Crippen LogP contribution in [0.4, 0.5) is 5.69 Å². The van der Waals surface area contributed by atoms with Gasteiger partial charge in [0, 0.05) is 10.9 Å².